The summed E-state index contributed by atoms with van der Waals surface area (Å²) in [6, 6.07) is 7.27. The number of rotatable bonds is 6. The summed E-state index contributed by atoms with van der Waals surface area (Å²) in [5.41, 5.74) is 1.74. The molecule has 0 aliphatic rings. The van der Waals surface area contributed by atoms with Gasteiger partial charge >= 0.3 is 0 Å². The molecule has 0 saturated heterocycles. The maximum Gasteiger partial charge on any atom is 0.168 e. The Kier molecular flexibility index (Phi) is 5.01. The van der Waals surface area contributed by atoms with E-state index in [2.05, 4.69) is 30.8 Å². The molecule has 0 saturated carbocycles. The second-order valence-corrected chi connectivity index (χ2v) is 5.93. The highest BCUT2D eigenvalue weighted by Crippen LogP contribution is 2.29. The van der Waals surface area contributed by atoms with Gasteiger partial charge in [0, 0.05) is 37.6 Å². The zero-order valence-corrected chi connectivity index (χ0v) is 14.8. The Hall–Kier alpha value is -2.84. The molecule has 0 atom stereocenters. The van der Waals surface area contributed by atoms with Crippen molar-refractivity contribution in [3.05, 3.63) is 47.4 Å². The van der Waals surface area contributed by atoms with Gasteiger partial charge in [-0.1, -0.05) is 11.6 Å². The second kappa shape index (κ2) is 7.37. The first-order chi connectivity index (χ1) is 12.0. The molecule has 2 heterocycles. The van der Waals surface area contributed by atoms with Gasteiger partial charge < -0.3 is 15.5 Å². The second-order valence-electron chi connectivity index (χ2n) is 5.52. The van der Waals surface area contributed by atoms with Crippen LogP contribution in [0.15, 0.2) is 36.7 Å². The van der Waals surface area contributed by atoms with Crippen molar-refractivity contribution in [2.75, 3.05) is 24.7 Å². The molecule has 0 amide bonds. The highest BCUT2D eigenvalue weighted by atomic mass is 35.5. The SMILES string of the molecule is Cc1cc(Nc2cncc(Nc3ccc(Cl)c(ON(C)C)c3)n2)n[nH]1. The minimum Gasteiger partial charge on any atom is -0.405 e. The molecule has 3 rings (SSSR count). The predicted molar refractivity (Wildman–Crippen MR) is 97.7 cm³/mol. The first kappa shape index (κ1) is 17.0. The third-order valence-electron chi connectivity index (χ3n) is 3.08. The molecule has 0 aliphatic carbocycles. The average molecular weight is 360 g/mol. The molecule has 0 spiro atoms. The molecule has 3 aromatic rings. The Bertz CT molecular complexity index is 865. The fourth-order valence-corrected chi connectivity index (χ4v) is 2.25. The molecule has 8 nitrogen and oxygen atoms in total. The highest BCUT2D eigenvalue weighted by molar-refractivity contribution is 6.32. The van der Waals surface area contributed by atoms with E-state index in [0.29, 0.717) is 28.2 Å². The summed E-state index contributed by atoms with van der Waals surface area (Å²) in [7, 11) is 3.57. The van der Waals surface area contributed by atoms with Gasteiger partial charge in [0.25, 0.3) is 0 Å². The molecule has 9 heteroatoms. The molecule has 0 aliphatic heterocycles. The average Bonchev–Trinajstić information content (AvgIpc) is 2.95. The van der Waals surface area contributed by atoms with Crippen LogP contribution in [0.3, 0.4) is 0 Å². The van der Waals surface area contributed by atoms with Crippen LogP contribution in [0.25, 0.3) is 0 Å². The van der Waals surface area contributed by atoms with Crippen molar-refractivity contribution in [1.29, 1.82) is 0 Å². The molecular formula is C16H18ClN7O. The molecule has 0 fully saturated rings. The Labute approximate surface area is 150 Å². The third kappa shape index (κ3) is 4.59. The molecule has 25 heavy (non-hydrogen) atoms. The van der Waals surface area contributed by atoms with Crippen molar-refractivity contribution in [2.45, 2.75) is 6.92 Å². The Morgan fingerprint density at radius 1 is 1.08 bits per heavy atom. The van der Waals surface area contributed by atoms with Crippen LogP contribution in [0.4, 0.5) is 23.1 Å². The van der Waals surface area contributed by atoms with Crippen LogP contribution in [0.5, 0.6) is 5.75 Å². The fraction of sp³-hybridized carbons (Fsp3) is 0.188. The van der Waals surface area contributed by atoms with Crippen molar-refractivity contribution >= 4 is 34.7 Å². The summed E-state index contributed by atoms with van der Waals surface area (Å²) >= 11 is 6.13. The summed E-state index contributed by atoms with van der Waals surface area (Å²) in [5, 5.41) is 15.3. The van der Waals surface area contributed by atoms with Crippen LogP contribution in [-0.2, 0) is 0 Å². The van der Waals surface area contributed by atoms with Crippen LogP contribution in [-0.4, -0.2) is 39.3 Å². The van der Waals surface area contributed by atoms with Gasteiger partial charge in [0.1, 0.15) is 0 Å². The van der Waals surface area contributed by atoms with Crippen LogP contribution >= 0.6 is 11.6 Å². The Morgan fingerprint density at radius 2 is 1.84 bits per heavy atom. The number of benzene rings is 1. The molecule has 0 radical (unpaired) electrons. The Balaban J connectivity index is 1.75. The maximum atomic E-state index is 6.13. The monoisotopic (exact) mass is 359 g/mol. The lowest BCUT2D eigenvalue weighted by Crippen LogP contribution is -2.16. The number of nitrogens with one attached hydrogen (secondary N) is 3. The molecule has 130 valence electrons. The van der Waals surface area contributed by atoms with Crippen molar-refractivity contribution in [3.63, 3.8) is 0 Å². The first-order valence-corrected chi connectivity index (χ1v) is 7.90. The van der Waals surface area contributed by atoms with Gasteiger partial charge in [0.2, 0.25) is 0 Å². The molecule has 3 N–H and O–H groups in total. The molecular weight excluding hydrogens is 342 g/mol. The number of aromatic amines is 1. The predicted octanol–water partition coefficient (Wildman–Crippen LogP) is 3.50. The topological polar surface area (TPSA) is 91.0 Å². The number of nitrogens with zero attached hydrogens (tertiary/aromatic N) is 4. The summed E-state index contributed by atoms with van der Waals surface area (Å²) in [4.78, 5) is 14.2. The van der Waals surface area contributed by atoms with Gasteiger partial charge in [0.15, 0.2) is 23.2 Å². The minimum absolute atomic E-state index is 0.523. The minimum atomic E-state index is 0.523. The quantitative estimate of drug-likeness (QED) is 0.580. The molecule has 1 aromatic carbocycles. The number of hydrogen-bond acceptors (Lipinski definition) is 7. The normalized spacial score (nSPS) is 10.8. The molecule has 2 aromatic heterocycles. The number of aryl methyl sites for hydroxylation is 1. The summed E-state index contributed by atoms with van der Waals surface area (Å²) in [6.07, 6.45) is 3.25. The smallest absolute Gasteiger partial charge is 0.168 e. The number of anilines is 4. The third-order valence-corrected chi connectivity index (χ3v) is 3.39. The van der Waals surface area contributed by atoms with Gasteiger partial charge in [-0.25, -0.2) is 4.98 Å². The van der Waals surface area contributed by atoms with Crippen LogP contribution in [0, 0.1) is 6.92 Å². The van der Waals surface area contributed by atoms with Crippen LogP contribution < -0.4 is 15.5 Å². The first-order valence-electron chi connectivity index (χ1n) is 7.52. The van der Waals surface area contributed by atoms with Crippen molar-refractivity contribution in [2.24, 2.45) is 0 Å². The van der Waals surface area contributed by atoms with E-state index >= 15 is 0 Å². The zero-order valence-electron chi connectivity index (χ0n) is 14.0. The van der Waals surface area contributed by atoms with Crippen LogP contribution in [0.1, 0.15) is 5.69 Å². The summed E-state index contributed by atoms with van der Waals surface area (Å²) in [5.74, 6) is 2.38. The van der Waals surface area contributed by atoms with Gasteiger partial charge in [0.05, 0.1) is 17.4 Å². The number of hydroxylamine groups is 2. The number of H-pyrrole nitrogens is 1. The van der Waals surface area contributed by atoms with E-state index in [1.54, 1.807) is 43.7 Å². The lowest BCUT2D eigenvalue weighted by molar-refractivity contribution is -0.00307. The fourth-order valence-electron chi connectivity index (χ4n) is 2.10. The zero-order chi connectivity index (χ0) is 17.8. The number of hydrogen-bond donors (Lipinski definition) is 3. The van der Waals surface area contributed by atoms with Gasteiger partial charge in [-0.2, -0.15) is 10.2 Å². The van der Waals surface area contributed by atoms with Crippen molar-refractivity contribution < 1.29 is 4.84 Å². The lowest BCUT2D eigenvalue weighted by Gasteiger charge is -2.14. The Morgan fingerprint density at radius 3 is 2.52 bits per heavy atom. The van der Waals surface area contributed by atoms with E-state index < -0.39 is 0 Å². The maximum absolute atomic E-state index is 6.13. The van der Waals surface area contributed by atoms with Crippen LogP contribution in [0.2, 0.25) is 5.02 Å². The molecule has 0 unspecified atom stereocenters. The highest BCUT2D eigenvalue weighted by Gasteiger charge is 2.07. The number of halogens is 1. The number of aromatic nitrogens is 4. The summed E-state index contributed by atoms with van der Waals surface area (Å²) in [6.45, 7) is 1.93. The van der Waals surface area contributed by atoms with Gasteiger partial charge in [-0.05, 0) is 19.1 Å². The van der Waals surface area contributed by atoms with E-state index in [9.17, 15) is 0 Å². The van der Waals surface area contributed by atoms with E-state index in [1.165, 1.54) is 0 Å². The van der Waals surface area contributed by atoms with E-state index in [0.717, 1.165) is 11.4 Å². The van der Waals surface area contributed by atoms with Crippen molar-refractivity contribution in [1.82, 2.24) is 25.2 Å². The van der Waals surface area contributed by atoms with Gasteiger partial charge in [-0.15, -0.1) is 0 Å². The van der Waals surface area contributed by atoms with E-state index in [1.807, 2.05) is 19.1 Å². The lowest BCUT2D eigenvalue weighted by atomic mass is 10.3. The van der Waals surface area contributed by atoms with Gasteiger partial charge in [-0.3, -0.25) is 10.1 Å². The van der Waals surface area contributed by atoms with E-state index in [4.69, 9.17) is 16.4 Å². The standard InChI is InChI=1S/C16H18ClN7O/c1-10-6-14(23-22-10)20-16-9-18-8-15(21-16)19-11-4-5-12(17)13(7-11)25-24(2)3/h4-9H,1-3H3,(H3,19,20,21,22,23). The summed E-state index contributed by atoms with van der Waals surface area (Å²) < 4.78 is 0. The largest absolute Gasteiger partial charge is 0.405 e. The molecule has 0 bridgehead atoms. The van der Waals surface area contributed by atoms with Crippen molar-refractivity contribution in [3.8, 4) is 5.75 Å². The van der Waals surface area contributed by atoms with E-state index in [-0.39, 0.29) is 0 Å².